The van der Waals surface area contributed by atoms with E-state index in [1.807, 2.05) is 13.0 Å². The van der Waals surface area contributed by atoms with Crippen molar-refractivity contribution in [1.29, 1.82) is 0 Å². The minimum absolute atomic E-state index is 0.294. The number of rotatable bonds is 4. The number of carbonyl (C=O) groups excluding carboxylic acids is 1. The number of nitrogens with one attached hydrogen (secondary N) is 1. The van der Waals surface area contributed by atoms with Crippen molar-refractivity contribution in [3.63, 3.8) is 0 Å². The van der Waals surface area contributed by atoms with E-state index in [-0.39, 0.29) is 5.91 Å². The standard InChI is InChI=1S/C15H16N2O3/c1-10-7-8-13(16-9-10)17-15(18)11-5-4-6-12(19-2)14(11)20-3/h4-9H,1-3H3,(H,16,17,18). The first kappa shape index (κ1) is 13.9. The highest BCUT2D eigenvalue weighted by Gasteiger charge is 2.16. The number of carbonyl (C=O) groups is 1. The zero-order valence-corrected chi connectivity index (χ0v) is 11.6. The van der Waals surface area contributed by atoms with Crippen LogP contribution in [0, 0.1) is 6.92 Å². The molecule has 0 saturated heterocycles. The summed E-state index contributed by atoms with van der Waals surface area (Å²) in [5.74, 6) is 1.11. The highest BCUT2D eigenvalue weighted by Crippen LogP contribution is 2.30. The molecular formula is C15H16N2O3. The van der Waals surface area contributed by atoms with Crippen molar-refractivity contribution in [2.45, 2.75) is 6.92 Å². The molecule has 0 atom stereocenters. The van der Waals surface area contributed by atoms with E-state index in [0.717, 1.165) is 5.56 Å². The van der Waals surface area contributed by atoms with Gasteiger partial charge in [0.1, 0.15) is 5.82 Å². The maximum atomic E-state index is 12.3. The van der Waals surface area contributed by atoms with Crippen LogP contribution in [0.1, 0.15) is 15.9 Å². The lowest BCUT2D eigenvalue weighted by Crippen LogP contribution is -2.14. The van der Waals surface area contributed by atoms with Crippen LogP contribution in [0.5, 0.6) is 11.5 Å². The molecule has 0 saturated carbocycles. The van der Waals surface area contributed by atoms with Gasteiger partial charge in [-0.1, -0.05) is 12.1 Å². The van der Waals surface area contributed by atoms with Crippen molar-refractivity contribution in [2.75, 3.05) is 19.5 Å². The van der Waals surface area contributed by atoms with Crippen molar-refractivity contribution in [3.8, 4) is 11.5 Å². The van der Waals surface area contributed by atoms with Crippen LogP contribution in [0.4, 0.5) is 5.82 Å². The Morgan fingerprint density at radius 1 is 1.15 bits per heavy atom. The van der Waals surface area contributed by atoms with E-state index in [2.05, 4.69) is 10.3 Å². The number of anilines is 1. The quantitative estimate of drug-likeness (QED) is 0.929. The third-order valence-electron chi connectivity index (χ3n) is 2.80. The fraction of sp³-hybridized carbons (Fsp3) is 0.200. The number of methoxy groups -OCH3 is 2. The number of aromatic nitrogens is 1. The van der Waals surface area contributed by atoms with Gasteiger partial charge in [0.2, 0.25) is 0 Å². The minimum Gasteiger partial charge on any atom is -0.493 e. The Balaban J connectivity index is 2.27. The number of nitrogens with zero attached hydrogens (tertiary/aromatic N) is 1. The zero-order valence-electron chi connectivity index (χ0n) is 11.6. The number of ether oxygens (including phenoxy) is 2. The number of benzene rings is 1. The van der Waals surface area contributed by atoms with Crippen molar-refractivity contribution >= 4 is 11.7 Å². The van der Waals surface area contributed by atoms with Gasteiger partial charge in [-0.15, -0.1) is 0 Å². The number of aryl methyl sites for hydroxylation is 1. The third kappa shape index (κ3) is 2.88. The molecule has 104 valence electrons. The van der Waals surface area contributed by atoms with Crippen LogP contribution in [0.3, 0.4) is 0 Å². The molecule has 0 aliphatic carbocycles. The van der Waals surface area contributed by atoms with Crippen molar-refractivity contribution in [2.24, 2.45) is 0 Å². The molecule has 5 heteroatoms. The Labute approximate surface area is 117 Å². The summed E-state index contributed by atoms with van der Waals surface area (Å²) in [5, 5.41) is 2.73. The van der Waals surface area contributed by atoms with Crippen LogP contribution in [-0.4, -0.2) is 25.1 Å². The molecule has 0 unspecified atom stereocenters. The number of hydrogen-bond acceptors (Lipinski definition) is 4. The molecular weight excluding hydrogens is 256 g/mol. The molecule has 2 rings (SSSR count). The monoisotopic (exact) mass is 272 g/mol. The molecule has 1 aromatic carbocycles. The third-order valence-corrected chi connectivity index (χ3v) is 2.80. The second-order valence-corrected chi connectivity index (χ2v) is 4.22. The lowest BCUT2D eigenvalue weighted by molar-refractivity contribution is 0.102. The zero-order chi connectivity index (χ0) is 14.5. The fourth-order valence-electron chi connectivity index (χ4n) is 1.79. The number of hydrogen-bond donors (Lipinski definition) is 1. The van der Waals surface area contributed by atoms with Gasteiger partial charge in [0, 0.05) is 6.20 Å². The van der Waals surface area contributed by atoms with Gasteiger partial charge < -0.3 is 14.8 Å². The Morgan fingerprint density at radius 2 is 1.95 bits per heavy atom. The maximum Gasteiger partial charge on any atom is 0.260 e. The van der Waals surface area contributed by atoms with Crippen LogP contribution in [0.25, 0.3) is 0 Å². The minimum atomic E-state index is -0.294. The van der Waals surface area contributed by atoms with Gasteiger partial charge in [-0.05, 0) is 30.7 Å². The van der Waals surface area contributed by atoms with Gasteiger partial charge in [0.25, 0.3) is 5.91 Å². The highest BCUT2D eigenvalue weighted by atomic mass is 16.5. The maximum absolute atomic E-state index is 12.3. The predicted molar refractivity (Wildman–Crippen MR) is 76.5 cm³/mol. The number of pyridine rings is 1. The first-order chi connectivity index (χ1) is 9.65. The van der Waals surface area contributed by atoms with Crippen molar-refractivity contribution in [3.05, 3.63) is 47.7 Å². The van der Waals surface area contributed by atoms with Crippen molar-refractivity contribution < 1.29 is 14.3 Å². The van der Waals surface area contributed by atoms with Crippen LogP contribution < -0.4 is 14.8 Å². The van der Waals surface area contributed by atoms with E-state index < -0.39 is 0 Å². The van der Waals surface area contributed by atoms with Crippen molar-refractivity contribution in [1.82, 2.24) is 4.98 Å². The molecule has 0 spiro atoms. The average Bonchev–Trinajstić information content (AvgIpc) is 2.48. The van der Waals surface area contributed by atoms with Gasteiger partial charge in [0.15, 0.2) is 11.5 Å². The molecule has 5 nitrogen and oxygen atoms in total. The summed E-state index contributed by atoms with van der Waals surface area (Å²) >= 11 is 0. The van der Waals surface area contributed by atoms with Gasteiger partial charge in [-0.2, -0.15) is 0 Å². The van der Waals surface area contributed by atoms with E-state index in [1.165, 1.54) is 14.2 Å². The predicted octanol–water partition coefficient (Wildman–Crippen LogP) is 2.66. The van der Waals surface area contributed by atoms with E-state index in [9.17, 15) is 4.79 Å². The fourth-order valence-corrected chi connectivity index (χ4v) is 1.79. The average molecular weight is 272 g/mol. The summed E-state index contributed by atoms with van der Waals surface area (Å²) in [6, 6.07) is 8.77. The Kier molecular flexibility index (Phi) is 4.20. The molecule has 20 heavy (non-hydrogen) atoms. The molecule has 1 aromatic heterocycles. The Bertz CT molecular complexity index is 609. The van der Waals surface area contributed by atoms with E-state index in [1.54, 1.807) is 30.5 Å². The van der Waals surface area contributed by atoms with E-state index in [0.29, 0.717) is 22.9 Å². The number of para-hydroxylation sites is 1. The summed E-state index contributed by atoms with van der Waals surface area (Å²) in [6.45, 7) is 1.93. The summed E-state index contributed by atoms with van der Waals surface area (Å²) in [6.07, 6.45) is 1.69. The largest absolute Gasteiger partial charge is 0.493 e. The molecule has 0 radical (unpaired) electrons. The summed E-state index contributed by atoms with van der Waals surface area (Å²) < 4.78 is 10.4. The van der Waals surface area contributed by atoms with Gasteiger partial charge in [-0.25, -0.2) is 4.98 Å². The summed E-state index contributed by atoms with van der Waals surface area (Å²) in [4.78, 5) is 16.4. The lowest BCUT2D eigenvalue weighted by Gasteiger charge is -2.12. The van der Waals surface area contributed by atoms with E-state index >= 15 is 0 Å². The summed E-state index contributed by atoms with van der Waals surface area (Å²) in [5.41, 5.74) is 1.43. The van der Waals surface area contributed by atoms with Crippen LogP contribution >= 0.6 is 0 Å². The Hall–Kier alpha value is -2.56. The first-order valence-corrected chi connectivity index (χ1v) is 6.10. The topological polar surface area (TPSA) is 60.5 Å². The van der Waals surface area contributed by atoms with Gasteiger partial charge in [0.05, 0.1) is 19.8 Å². The molecule has 1 heterocycles. The molecule has 1 amide bonds. The second kappa shape index (κ2) is 6.06. The SMILES string of the molecule is COc1cccc(C(=O)Nc2ccc(C)cn2)c1OC. The Morgan fingerprint density at radius 3 is 2.55 bits per heavy atom. The molecule has 1 N–H and O–H groups in total. The van der Waals surface area contributed by atoms with E-state index in [4.69, 9.17) is 9.47 Å². The number of amides is 1. The smallest absolute Gasteiger partial charge is 0.260 e. The molecule has 0 bridgehead atoms. The molecule has 0 fully saturated rings. The molecule has 0 aliphatic rings. The van der Waals surface area contributed by atoms with Crippen LogP contribution in [-0.2, 0) is 0 Å². The molecule has 0 aliphatic heterocycles. The normalized spacial score (nSPS) is 9.95. The lowest BCUT2D eigenvalue weighted by atomic mass is 10.1. The second-order valence-electron chi connectivity index (χ2n) is 4.22. The first-order valence-electron chi connectivity index (χ1n) is 6.10. The van der Waals surface area contributed by atoms with Gasteiger partial charge >= 0.3 is 0 Å². The van der Waals surface area contributed by atoms with Gasteiger partial charge in [-0.3, -0.25) is 4.79 Å². The molecule has 2 aromatic rings. The summed E-state index contributed by atoms with van der Waals surface area (Å²) in [7, 11) is 3.03. The van der Waals surface area contributed by atoms with Crippen LogP contribution in [0.2, 0.25) is 0 Å². The van der Waals surface area contributed by atoms with Crippen LogP contribution in [0.15, 0.2) is 36.5 Å². The highest BCUT2D eigenvalue weighted by molar-refractivity contribution is 6.06.